The van der Waals surface area contributed by atoms with Gasteiger partial charge in [0, 0.05) is 7.05 Å². The molecular weight excluding hydrogens is 360 g/mol. The molecule has 0 saturated carbocycles. The first-order chi connectivity index (χ1) is 12.4. The van der Waals surface area contributed by atoms with E-state index >= 15 is 0 Å². The van der Waals surface area contributed by atoms with Crippen LogP contribution in [0.25, 0.3) is 11.2 Å². The van der Waals surface area contributed by atoms with Gasteiger partial charge in [-0.15, -0.1) is 0 Å². The third-order valence-electron chi connectivity index (χ3n) is 3.94. The van der Waals surface area contributed by atoms with Gasteiger partial charge in [-0.3, -0.25) is 14.3 Å². The molecule has 2 heterocycles. The summed E-state index contributed by atoms with van der Waals surface area (Å²) in [5.74, 6) is 1.28. The first kappa shape index (κ1) is 18.0. The molecule has 10 heteroatoms. The molecule has 0 aliphatic carbocycles. The van der Waals surface area contributed by atoms with Crippen LogP contribution in [0.1, 0.15) is 0 Å². The van der Waals surface area contributed by atoms with Crippen LogP contribution in [-0.2, 0) is 13.6 Å². The zero-order valence-corrected chi connectivity index (χ0v) is 15.0. The molecule has 9 nitrogen and oxygen atoms in total. The number of aromatic amines is 2. The van der Waals surface area contributed by atoms with Gasteiger partial charge in [-0.1, -0.05) is 0 Å². The maximum absolute atomic E-state index is 12.1. The number of methoxy groups -OCH3 is 1. The lowest BCUT2D eigenvalue weighted by molar-refractivity contribution is 0.0930. The molecule has 3 N–H and O–H groups in total. The summed E-state index contributed by atoms with van der Waals surface area (Å²) in [6.07, 6.45) is -0.917. The number of aliphatic hydroxyl groups excluding tert-OH is 1. The Balaban J connectivity index is 1.79. The Bertz CT molecular complexity index is 1090. The van der Waals surface area contributed by atoms with E-state index in [1.165, 1.54) is 16.2 Å². The van der Waals surface area contributed by atoms with E-state index in [-0.39, 0.29) is 23.4 Å². The van der Waals surface area contributed by atoms with Crippen molar-refractivity contribution in [2.75, 3.05) is 13.7 Å². The minimum Gasteiger partial charge on any atom is -0.497 e. The van der Waals surface area contributed by atoms with Crippen LogP contribution < -0.4 is 20.7 Å². The van der Waals surface area contributed by atoms with Crippen LogP contribution in [0.4, 0.5) is 0 Å². The number of aliphatic hydroxyl groups is 1. The highest BCUT2D eigenvalue weighted by molar-refractivity contribution is 7.71. The number of nitrogens with zero attached hydrogens (tertiary/aromatic N) is 2. The quantitative estimate of drug-likeness (QED) is 0.539. The summed E-state index contributed by atoms with van der Waals surface area (Å²) in [5, 5.41) is 10.3. The lowest BCUT2D eigenvalue weighted by Gasteiger charge is -2.13. The summed E-state index contributed by atoms with van der Waals surface area (Å²) < 4.78 is 13.5. The average molecular weight is 378 g/mol. The Morgan fingerprint density at radius 1 is 1.19 bits per heavy atom. The number of benzene rings is 1. The fourth-order valence-corrected chi connectivity index (χ4v) is 2.84. The van der Waals surface area contributed by atoms with Crippen molar-refractivity contribution in [3.05, 3.63) is 49.9 Å². The van der Waals surface area contributed by atoms with Gasteiger partial charge >= 0.3 is 5.69 Å². The fourth-order valence-electron chi connectivity index (χ4n) is 2.57. The summed E-state index contributed by atoms with van der Waals surface area (Å²) in [5.41, 5.74) is -0.624. The van der Waals surface area contributed by atoms with E-state index in [1.54, 1.807) is 31.4 Å². The highest BCUT2D eigenvalue weighted by Gasteiger charge is 2.16. The van der Waals surface area contributed by atoms with Gasteiger partial charge in [-0.2, -0.15) is 0 Å². The van der Waals surface area contributed by atoms with Crippen molar-refractivity contribution >= 4 is 23.4 Å². The maximum Gasteiger partial charge on any atom is 0.329 e. The van der Waals surface area contributed by atoms with Gasteiger partial charge in [0.05, 0.1) is 13.7 Å². The molecule has 0 radical (unpaired) electrons. The third-order valence-corrected chi connectivity index (χ3v) is 4.26. The Labute approximate surface area is 152 Å². The van der Waals surface area contributed by atoms with Crippen LogP contribution in [0.2, 0.25) is 0 Å². The summed E-state index contributed by atoms with van der Waals surface area (Å²) in [6, 6.07) is 6.95. The Hall–Kier alpha value is -2.85. The van der Waals surface area contributed by atoms with Gasteiger partial charge < -0.3 is 24.1 Å². The third kappa shape index (κ3) is 3.41. The molecule has 0 fully saturated rings. The standard InChI is InChI=1S/C16H18N4O5S/c1-19-13-12(14(22)18-15(19)23)20(16(26)17-13)7-9(21)8-25-11-5-3-10(24-2)4-6-11/h3-6,9,21H,7-8H2,1-2H3,(H,17,26)(H,18,22,23)/t9-/m1/s1. The molecule has 0 saturated heterocycles. The lowest BCUT2D eigenvalue weighted by atomic mass is 10.3. The van der Waals surface area contributed by atoms with Gasteiger partial charge in [0.25, 0.3) is 5.56 Å². The van der Waals surface area contributed by atoms with E-state index in [4.69, 9.17) is 21.7 Å². The molecule has 26 heavy (non-hydrogen) atoms. The smallest absolute Gasteiger partial charge is 0.329 e. The minimum atomic E-state index is -0.917. The van der Waals surface area contributed by atoms with Crippen LogP contribution in [0.5, 0.6) is 11.5 Å². The number of imidazole rings is 1. The van der Waals surface area contributed by atoms with Gasteiger partial charge in [0.15, 0.2) is 10.3 Å². The van der Waals surface area contributed by atoms with E-state index in [1.807, 2.05) is 0 Å². The Morgan fingerprint density at radius 2 is 1.85 bits per heavy atom. The number of ether oxygens (including phenoxy) is 2. The van der Waals surface area contributed by atoms with Crippen molar-refractivity contribution in [1.29, 1.82) is 0 Å². The molecule has 0 aliphatic rings. The first-order valence-electron chi connectivity index (χ1n) is 7.77. The SMILES string of the molecule is COc1ccc(OC[C@H](O)Cn2c(=S)[nH]c3c2c(=O)[nH]c(=O)n3C)cc1. The minimum absolute atomic E-state index is 0.00441. The Morgan fingerprint density at radius 3 is 2.50 bits per heavy atom. The van der Waals surface area contributed by atoms with Crippen LogP contribution in [-0.4, -0.2) is 44.0 Å². The van der Waals surface area contributed by atoms with Crippen molar-refractivity contribution in [1.82, 2.24) is 19.1 Å². The molecule has 0 bridgehead atoms. The number of fused-ring (bicyclic) bond motifs is 1. The molecule has 138 valence electrons. The molecule has 1 aromatic carbocycles. The molecule has 2 aromatic heterocycles. The predicted molar refractivity (Wildman–Crippen MR) is 97.5 cm³/mol. The van der Waals surface area contributed by atoms with E-state index in [0.717, 1.165) is 0 Å². The van der Waals surface area contributed by atoms with E-state index in [2.05, 4.69) is 9.97 Å². The summed E-state index contributed by atoms with van der Waals surface area (Å²) in [6.45, 7) is 0.0424. The number of H-pyrrole nitrogens is 2. The van der Waals surface area contributed by atoms with Gasteiger partial charge in [-0.25, -0.2) is 4.79 Å². The zero-order valence-electron chi connectivity index (χ0n) is 14.2. The van der Waals surface area contributed by atoms with Crippen molar-refractivity contribution < 1.29 is 14.6 Å². The second-order valence-corrected chi connectivity index (χ2v) is 6.08. The number of hydrogen-bond donors (Lipinski definition) is 3. The monoisotopic (exact) mass is 378 g/mol. The van der Waals surface area contributed by atoms with Crippen molar-refractivity contribution in [2.45, 2.75) is 12.6 Å². The molecule has 1 atom stereocenters. The highest BCUT2D eigenvalue weighted by atomic mass is 32.1. The van der Waals surface area contributed by atoms with Crippen LogP contribution in [0, 0.1) is 4.77 Å². The van der Waals surface area contributed by atoms with Crippen LogP contribution >= 0.6 is 12.2 Å². The van der Waals surface area contributed by atoms with E-state index in [9.17, 15) is 14.7 Å². The van der Waals surface area contributed by atoms with E-state index in [0.29, 0.717) is 17.1 Å². The molecule has 0 spiro atoms. The van der Waals surface area contributed by atoms with Gasteiger partial charge in [0.1, 0.15) is 29.9 Å². The zero-order chi connectivity index (χ0) is 18.8. The van der Waals surface area contributed by atoms with Gasteiger partial charge in [-0.05, 0) is 36.5 Å². The molecule has 3 aromatic rings. The Kier molecular flexibility index (Phi) is 4.96. The number of aromatic nitrogens is 4. The molecule has 0 amide bonds. The normalized spacial score (nSPS) is 12.3. The van der Waals surface area contributed by atoms with Crippen molar-refractivity contribution in [2.24, 2.45) is 7.05 Å². The molecule has 0 aliphatic heterocycles. The predicted octanol–water partition coefficient (Wildman–Crippen LogP) is 0.534. The summed E-state index contributed by atoms with van der Waals surface area (Å²) in [4.78, 5) is 28.8. The number of rotatable bonds is 6. The topological polar surface area (TPSA) is 114 Å². The maximum atomic E-state index is 12.1. The lowest BCUT2D eigenvalue weighted by Crippen LogP contribution is -2.30. The fraction of sp³-hybridized carbons (Fsp3) is 0.312. The number of hydrogen-bond acceptors (Lipinski definition) is 6. The second kappa shape index (κ2) is 7.18. The number of nitrogens with one attached hydrogen (secondary N) is 2. The van der Waals surface area contributed by atoms with Crippen molar-refractivity contribution in [3.63, 3.8) is 0 Å². The average Bonchev–Trinajstić information content (AvgIpc) is 2.95. The number of aryl methyl sites for hydroxylation is 1. The van der Waals surface area contributed by atoms with Crippen LogP contribution in [0.3, 0.4) is 0 Å². The second-order valence-electron chi connectivity index (χ2n) is 5.70. The van der Waals surface area contributed by atoms with Crippen LogP contribution in [0.15, 0.2) is 33.9 Å². The first-order valence-corrected chi connectivity index (χ1v) is 8.18. The highest BCUT2D eigenvalue weighted by Crippen LogP contribution is 2.17. The molecule has 0 unspecified atom stereocenters. The van der Waals surface area contributed by atoms with E-state index < -0.39 is 17.4 Å². The molecular formula is C16H18N4O5S. The summed E-state index contributed by atoms with van der Waals surface area (Å²) >= 11 is 5.21. The molecule has 3 rings (SSSR count). The van der Waals surface area contributed by atoms with Gasteiger partial charge in [0.2, 0.25) is 0 Å². The van der Waals surface area contributed by atoms with Crippen molar-refractivity contribution in [3.8, 4) is 11.5 Å². The summed E-state index contributed by atoms with van der Waals surface area (Å²) in [7, 11) is 3.08. The largest absolute Gasteiger partial charge is 0.497 e.